The van der Waals surface area contributed by atoms with E-state index in [1.54, 1.807) is 12.1 Å². The summed E-state index contributed by atoms with van der Waals surface area (Å²) in [5, 5.41) is 11.5. The maximum atomic E-state index is 12.8. The number of carbonyl (C=O) groups excluding carboxylic acids is 1. The molecule has 0 bridgehead atoms. The molecule has 2 aromatic carbocycles. The van der Waals surface area contributed by atoms with Crippen LogP contribution in [0.25, 0.3) is 22.9 Å². The fraction of sp³-hybridized carbons (Fsp3) is 0.423. The number of benzene rings is 2. The number of hydrogen-bond acceptors (Lipinski definition) is 6. The molecule has 1 atom stereocenters. The number of carbonyl (C=O) groups is 1. The van der Waals surface area contributed by atoms with Crippen LogP contribution in [0, 0.1) is 12.8 Å². The Labute approximate surface area is 195 Å². The fourth-order valence-corrected chi connectivity index (χ4v) is 4.19. The van der Waals surface area contributed by atoms with Crippen LogP contribution >= 0.6 is 0 Å². The number of aryl methyl sites for hydroxylation is 1. The van der Waals surface area contributed by atoms with Gasteiger partial charge in [0.05, 0.1) is 13.2 Å². The van der Waals surface area contributed by atoms with Crippen LogP contribution in [0.2, 0.25) is 0 Å². The molecule has 1 aliphatic rings. The molecule has 1 fully saturated rings. The SMILES string of the molecule is Cc1ccccc1-c1nnc(-c2ccc(C(=O)NCC(CC(C)C)N3CCOCC3)cc2)o1. The number of hydrogen-bond donors (Lipinski definition) is 1. The summed E-state index contributed by atoms with van der Waals surface area (Å²) in [5.41, 5.74) is 3.39. The molecule has 2 heterocycles. The molecule has 1 saturated heterocycles. The molecule has 1 aliphatic heterocycles. The lowest BCUT2D eigenvalue weighted by molar-refractivity contribution is 0.0124. The Balaban J connectivity index is 1.39. The predicted octanol–water partition coefficient (Wildman–Crippen LogP) is 4.19. The zero-order chi connectivity index (χ0) is 23.2. The van der Waals surface area contributed by atoms with Crippen LogP contribution in [0.1, 0.15) is 36.2 Å². The molecule has 1 N–H and O–H groups in total. The first-order valence-corrected chi connectivity index (χ1v) is 11.6. The van der Waals surface area contributed by atoms with E-state index in [0.717, 1.165) is 49.4 Å². The second-order valence-corrected chi connectivity index (χ2v) is 8.95. The molecule has 1 aromatic heterocycles. The highest BCUT2D eigenvalue weighted by Gasteiger charge is 2.22. The molecular formula is C26H32N4O3. The third kappa shape index (κ3) is 5.86. The van der Waals surface area contributed by atoms with Crippen LogP contribution in [0.15, 0.2) is 52.9 Å². The van der Waals surface area contributed by atoms with Crippen LogP contribution in [0.4, 0.5) is 0 Å². The zero-order valence-corrected chi connectivity index (χ0v) is 19.6. The molecule has 4 rings (SSSR count). The molecule has 0 spiro atoms. The van der Waals surface area contributed by atoms with Crippen LogP contribution < -0.4 is 5.32 Å². The van der Waals surface area contributed by atoms with Crippen LogP contribution in [0.5, 0.6) is 0 Å². The first kappa shape index (κ1) is 23.1. The predicted molar refractivity (Wildman–Crippen MR) is 128 cm³/mol. The molecule has 1 amide bonds. The Morgan fingerprint density at radius 1 is 1.03 bits per heavy atom. The first-order valence-electron chi connectivity index (χ1n) is 11.6. The van der Waals surface area contributed by atoms with Crippen LogP contribution in [-0.4, -0.2) is 59.9 Å². The van der Waals surface area contributed by atoms with E-state index in [2.05, 4.69) is 34.3 Å². The van der Waals surface area contributed by atoms with Gasteiger partial charge in [0.2, 0.25) is 11.8 Å². The molecule has 0 radical (unpaired) electrons. The minimum atomic E-state index is -0.0744. The summed E-state index contributed by atoms with van der Waals surface area (Å²) in [4.78, 5) is 15.2. The van der Waals surface area contributed by atoms with Crippen molar-refractivity contribution >= 4 is 5.91 Å². The molecule has 0 saturated carbocycles. The highest BCUT2D eigenvalue weighted by atomic mass is 16.5. The van der Waals surface area contributed by atoms with E-state index in [4.69, 9.17) is 9.15 Å². The number of aromatic nitrogens is 2. The van der Waals surface area contributed by atoms with Crippen molar-refractivity contribution in [2.75, 3.05) is 32.8 Å². The Kier molecular flexibility index (Phi) is 7.52. The van der Waals surface area contributed by atoms with Gasteiger partial charge in [-0.25, -0.2) is 0 Å². The van der Waals surface area contributed by atoms with Crippen molar-refractivity contribution in [1.82, 2.24) is 20.4 Å². The minimum absolute atomic E-state index is 0.0744. The van der Waals surface area contributed by atoms with E-state index in [1.807, 2.05) is 43.3 Å². The highest BCUT2D eigenvalue weighted by Crippen LogP contribution is 2.26. The summed E-state index contributed by atoms with van der Waals surface area (Å²) in [5.74, 6) is 1.41. The smallest absolute Gasteiger partial charge is 0.251 e. The first-order chi connectivity index (χ1) is 16.0. The van der Waals surface area contributed by atoms with Crippen molar-refractivity contribution in [2.45, 2.75) is 33.2 Å². The lowest BCUT2D eigenvalue weighted by atomic mass is 10.0. The van der Waals surface area contributed by atoms with E-state index in [9.17, 15) is 4.79 Å². The second-order valence-electron chi connectivity index (χ2n) is 8.95. The Morgan fingerprint density at radius 3 is 2.42 bits per heavy atom. The molecule has 174 valence electrons. The summed E-state index contributed by atoms with van der Waals surface area (Å²) in [6, 6.07) is 15.5. The van der Waals surface area contributed by atoms with Gasteiger partial charge in [-0.15, -0.1) is 10.2 Å². The minimum Gasteiger partial charge on any atom is -0.416 e. The fourth-order valence-electron chi connectivity index (χ4n) is 4.19. The van der Waals surface area contributed by atoms with Gasteiger partial charge in [0.25, 0.3) is 5.91 Å². The van der Waals surface area contributed by atoms with Crippen molar-refractivity contribution in [2.24, 2.45) is 5.92 Å². The molecule has 3 aromatic rings. The summed E-state index contributed by atoms with van der Waals surface area (Å²) in [6.07, 6.45) is 1.04. The maximum Gasteiger partial charge on any atom is 0.251 e. The topological polar surface area (TPSA) is 80.5 Å². The zero-order valence-electron chi connectivity index (χ0n) is 19.6. The van der Waals surface area contributed by atoms with Crippen LogP contribution in [0.3, 0.4) is 0 Å². The second kappa shape index (κ2) is 10.7. The lowest BCUT2D eigenvalue weighted by Gasteiger charge is -2.35. The molecule has 1 unspecified atom stereocenters. The molecule has 0 aliphatic carbocycles. The monoisotopic (exact) mass is 448 g/mol. The van der Waals surface area contributed by atoms with Crippen molar-refractivity contribution in [3.8, 4) is 22.9 Å². The van der Waals surface area contributed by atoms with Gasteiger partial charge < -0.3 is 14.5 Å². The van der Waals surface area contributed by atoms with Gasteiger partial charge in [-0.1, -0.05) is 32.0 Å². The normalized spacial score (nSPS) is 15.5. The van der Waals surface area contributed by atoms with Gasteiger partial charge in [-0.3, -0.25) is 9.69 Å². The number of ether oxygens (including phenoxy) is 1. The highest BCUT2D eigenvalue weighted by molar-refractivity contribution is 5.94. The van der Waals surface area contributed by atoms with Gasteiger partial charge in [0.1, 0.15) is 0 Å². The maximum absolute atomic E-state index is 12.8. The van der Waals surface area contributed by atoms with Crippen molar-refractivity contribution < 1.29 is 13.9 Å². The Bertz CT molecular complexity index is 1060. The summed E-state index contributed by atoms with van der Waals surface area (Å²) < 4.78 is 11.4. The standard InChI is InChI=1S/C26H32N4O3/c1-18(2)16-22(30-12-14-32-15-13-30)17-27-24(31)20-8-10-21(11-9-20)25-28-29-26(33-25)23-7-5-4-6-19(23)3/h4-11,18,22H,12-17H2,1-3H3,(H,27,31). The number of nitrogens with one attached hydrogen (secondary N) is 1. The molecule has 7 heteroatoms. The number of rotatable bonds is 8. The average molecular weight is 449 g/mol. The van der Waals surface area contributed by atoms with Crippen LogP contribution in [-0.2, 0) is 4.74 Å². The van der Waals surface area contributed by atoms with Gasteiger partial charge in [-0.2, -0.15) is 0 Å². The average Bonchev–Trinajstić information content (AvgIpc) is 3.32. The molecule has 7 nitrogen and oxygen atoms in total. The quantitative estimate of drug-likeness (QED) is 0.557. The lowest BCUT2D eigenvalue weighted by Crippen LogP contribution is -2.49. The third-order valence-corrected chi connectivity index (χ3v) is 6.00. The summed E-state index contributed by atoms with van der Waals surface area (Å²) in [6.45, 7) is 10.4. The number of morpholine rings is 1. The van der Waals surface area contributed by atoms with E-state index in [1.165, 1.54) is 0 Å². The molecular weight excluding hydrogens is 416 g/mol. The van der Waals surface area contributed by atoms with Gasteiger partial charge in [-0.05, 0) is 55.2 Å². The van der Waals surface area contributed by atoms with Gasteiger partial charge in [0, 0.05) is 42.4 Å². The largest absolute Gasteiger partial charge is 0.416 e. The Hall–Kier alpha value is -3.03. The van der Waals surface area contributed by atoms with E-state index < -0.39 is 0 Å². The number of amides is 1. The number of nitrogens with zero attached hydrogens (tertiary/aromatic N) is 3. The van der Waals surface area contributed by atoms with E-state index in [0.29, 0.717) is 35.8 Å². The van der Waals surface area contributed by atoms with Crippen molar-refractivity contribution in [3.05, 3.63) is 59.7 Å². The Morgan fingerprint density at radius 2 is 1.73 bits per heavy atom. The summed E-state index contributed by atoms with van der Waals surface area (Å²) >= 11 is 0. The van der Waals surface area contributed by atoms with Crippen molar-refractivity contribution in [3.63, 3.8) is 0 Å². The van der Waals surface area contributed by atoms with Gasteiger partial charge in [0.15, 0.2) is 0 Å². The van der Waals surface area contributed by atoms with Gasteiger partial charge >= 0.3 is 0 Å². The van der Waals surface area contributed by atoms with E-state index in [-0.39, 0.29) is 5.91 Å². The molecule has 33 heavy (non-hydrogen) atoms. The third-order valence-electron chi connectivity index (χ3n) is 6.00. The van der Waals surface area contributed by atoms with Crippen molar-refractivity contribution in [1.29, 1.82) is 0 Å². The summed E-state index contributed by atoms with van der Waals surface area (Å²) in [7, 11) is 0. The van der Waals surface area contributed by atoms with E-state index >= 15 is 0 Å².